The zero-order chi connectivity index (χ0) is 69.0. The molecule has 0 amide bonds. The van der Waals surface area contributed by atoms with Crippen LogP contribution >= 0.6 is 0 Å². The van der Waals surface area contributed by atoms with Gasteiger partial charge in [0.05, 0.1) is 16.1 Å². The minimum Gasteiger partial charge on any atom is -0.394 e. The Morgan fingerprint density at radius 2 is 0.562 bits per heavy atom. The summed E-state index contributed by atoms with van der Waals surface area (Å²) in [5, 5.41) is 0. The summed E-state index contributed by atoms with van der Waals surface area (Å²) in [4.78, 5) is 5.62. The Bertz CT molecular complexity index is 3850. The lowest BCUT2D eigenvalue weighted by atomic mass is 9.81. The molecule has 8 aliphatic carbocycles. The molecule has 0 spiro atoms. The molecule has 8 heteroatoms. The molecule has 4 heterocycles. The maximum atomic E-state index is 2.88. The Kier molecular flexibility index (Phi) is 18.0. The van der Waals surface area contributed by atoms with Gasteiger partial charge in [-0.1, -0.05) is 305 Å². The first kappa shape index (κ1) is 69.4. The highest BCUT2D eigenvalue weighted by molar-refractivity contribution is 6.80. The number of benzene rings is 4. The predicted molar refractivity (Wildman–Crippen MR) is 429 cm³/mol. The van der Waals surface area contributed by atoms with Crippen molar-refractivity contribution in [2.45, 2.75) is 220 Å². The summed E-state index contributed by atoms with van der Waals surface area (Å²) in [6.45, 7) is 58.5. The molecule has 4 aromatic carbocycles. The van der Waals surface area contributed by atoms with Crippen LogP contribution < -0.4 is 18.9 Å². The van der Waals surface area contributed by atoms with Gasteiger partial charge in [0.15, 0.2) is 0 Å². The Morgan fingerprint density at radius 1 is 0.312 bits per heavy atom. The number of fused-ring (bicyclic) bond motifs is 20. The van der Waals surface area contributed by atoms with Crippen molar-refractivity contribution in [3.63, 3.8) is 0 Å². The number of anilines is 4. The Balaban J connectivity index is 0.000000116. The van der Waals surface area contributed by atoms with Gasteiger partial charge in [-0.3, -0.25) is 0 Å². The van der Waals surface area contributed by atoms with E-state index in [0.29, 0.717) is 107 Å². The second-order valence-electron chi connectivity index (χ2n) is 38.8. The normalized spacial score (nSPS) is 33.9. The lowest BCUT2D eigenvalue weighted by molar-refractivity contribution is 0.428. The van der Waals surface area contributed by atoms with Crippen LogP contribution in [0.25, 0.3) is 0 Å². The van der Waals surface area contributed by atoms with Crippen LogP contribution in [-0.4, -0.2) is 69.1 Å². The first-order valence-corrected chi connectivity index (χ1v) is 52.3. The molecule has 4 nitrogen and oxygen atoms in total. The van der Waals surface area contributed by atoms with Gasteiger partial charge in [0.25, 0.3) is 0 Å². The van der Waals surface area contributed by atoms with E-state index in [1.165, 1.54) is 57.3 Å². The molecule has 16 rings (SSSR count). The molecule has 96 heavy (non-hydrogen) atoms. The van der Waals surface area contributed by atoms with E-state index in [0.717, 1.165) is 11.8 Å². The molecule has 0 aromatic heterocycles. The van der Waals surface area contributed by atoms with Crippen molar-refractivity contribution in [1.29, 1.82) is 0 Å². The minimum atomic E-state index is -1.46. The van der Waals surface area contributed by atoms with E-state index in [4.69, 9.17) is 0 Å². The largest absolute Gasteiger partial charge is 0.394 e. The molecule has 12 aliphatic rings. The van der Waals surface area contributed by atoms with Crippen LogP contribution in [0.3, 0.4) is 0 Å². The van der Waals surface area contributed by atoms with Crippen molar-refractivity contribution < 1.29 is 0 Å². The molecule has 20 unspecified atom stereocenters. The van der Waals surface area contributed by atoms with Crippen molar-refractivity contribution in [2.24, 2.45) is 71.0 Å². The fraction of sp³-hybridized carbons (Fsp3) is 0.545. The van der Waals surface area contributed by atoms with Crippen LogP contribution in [0.1, 0.15) is 137 Å². The first-order valence-electron chi connectivity index (χ1n) is 38.0. The summed E-state index contributed by atoms with van der Waals surface area (Å²) < 4.78 is 5.74. The molecule has 4 aromatic rings. The third-order valence-corrected chi connectivity index (χ3v) is 32.0. The van der Waals surface area contributed by atoms with Gasteiger partial charge >= 0.3 is 0 Å². The van der Waals surface area contributed by atoms with E-state index in [1.54, 1.807) is 22.3 Å². The maximum absolute atomic E-state index is 2.88. The second kappa shape index (κ2) is 24.9. The van der Waals surface area contributed by atoms with Crippen molar-refractivity contribution in [2.75, 3.05) is 31.3 Å². The van der Waals surface area contributed by atoms with Gasteiger partial charge in [0.1, 0.15) is 16.5 Å². The molecule has 512 valence electrons. The number of nitrogens with zero attached hydrogens (tertiary/aromatic N) is 4. The lowest BCUT2D eigenvalue weighted by Crippen LogP contribution is -2.52. The van der Waals surface area contributed by atoms with Crippen molar-refractivity contribution in [1.82, 2.24) is 0 Å². The maximum Gasteiger partial charge on any atom is 0.147 e. The van der Waals surface area contributed by atoms with Crippen LogP contribution in [0.5, 0.6) is 0 Å². The van der Waals surface area contributed by atoms with Gasteiger partial charge in [0, 0.05) is 107 Å². The van der Waals surface area contributed by atoms with Crippen molar-refractivity contribution >= 4 is 55.4 Å². The average molecular weight is 1350 g/mol. The monoisotopic (exact) mass is 1350 g/mol. The fourth-order valence-corrected chi connectivity index (χ4v) is 28.7. The Labute approximate surface area is 588 Å². The summed E-state index contributed by atoms with van der Waals surface area (Å²) >= 11 is 0. The highest BCUT2D eigenvalue weighted by Gasteiger charge is 2.60. The fourth-order valence-electron chi connectivity index (χ4n) is 21.6. The number of rotatable bonds is 6. The van der Waals surface area contributed by atoms with Crippen LogP contribution in [0.15, 0.2) is 170 Å². The molecule has 0 radical (unpaired) electrons. The van der Waals surface area contributed by atoms with E-state index >= 15 is 0 Å². The Morgan fingerprint density at radius 3 is 0.875 bits per heavy atom. The molecule has 4 aliphatic heterocycles. The van der Waals surface area contributed by atoms with Crippen LogP contribution in [-0.2, 0) is 10.8 Å². The first-order chi connectivity index (χ1) is 44.9. The summed E-state index contributed by atoms with van der Waals surface area (Å²) in [6, 6.07) is 31.7. The topological polar surface area (TPSA) is 13.0 Å². The molecule has 4 fully saturated rings. The zero-order valence-electron chi connectivity index (χ0n) is 63.9. The molecule has 0 N–H and O–H groups in total. The molecule has 0 saturated heterocycles. The van der Waals surface area contributed by atoms with Gasteiger partial charge in [0.2, 0.25) is 0 Å². The third kappa shape index (κ3) is 12.2. The van der Waals surface area contributed by atoms with Crippen molar-refractivity contribution in [3.05, 3.63) is 215 Å². The van der Waals surface area contributed by atoms with Gasteiger partial charge in [-0.15, -0.1) is 0 Å². The molecule has 20 atom stereocenters. The van der Waals surface area contributed by atoms with E-state index in [1.807, 2.05) is 0 Å². The number of hydrogen-bond donors (Lipinski definition) is 0. The van der Waals surface area contributed by atoms with Crippen LogP contribution in [0.4, 0.5) is 22.7 Å². The van der Waals surface area contributed by atoms with E-state index in [9.17, 15) is 0 Å². The van der Waals surface area contributed by atoms with E-state index < -0.39 is 32.6 Å². The number of aryl methyl sites for hydroxylation is 2. The Hall–Kier alpha value is -5.13. The third-order valence-electron chi connectivity index (χ3n) is 25.4. The lowest BCUT2D eigenvalue weighted by Gasteiger charge is -2.41. The molecular weight excluding hydrogens is 1230 g/mol. The highest BCUT2D eigenvalue weighted by Crippen LogP contribution is 2.64. The smallest absolute Gasteiger partial charge is 0.147 e. The minimum absolute atomic E-state index is 0.213. The summed E-state index contributed by atoms with van der Waals surface area (Å²) in [7, 11) is -5.22. The highest BCUT2D eigenvalue weighted by atomic mass is 28.3. The quantitative estimate of drug-likeness (QED) is 0.178. The molecule has 0 bridgehead atoms. The van der Waals surface area contributed by atoms with E-state index in [-0.39, 0.29) is 10.8 Å². The van der Waals surface area contributed by atoms with Crippen LogP contribution in [0.2, 0.25) is 78.6 Å². The zero-order valence-corrected chi connectivity index (χ0v) is 67.9. The van der Waals surface area contributed by atoms with Crippen molar-refractivity contribution in [3.8, 4) is 0 Å². The second-order valence-corrected chi connectivity index (χ2v) is 59.4. The molecule has 4 saturated carbocycles. The summed E-state index contributed by atoms with van der Waals surface area (Å²) in [6.07, 6.45) is 40.6. The summed E-state index contributed by atoms with van der Waals surface area (Å²) in [5.41, 5.74) is 18.8. The predicted octanol–water partition coefficient (Wildman–Crippen LogP) is 22.5. The van der Waals surface area contributed by atoms with E-state index in [2.05, 4.69) is 351 Å². The number of allylic oxidation sites excluding steroid dienone is 12. The van der Waals surface area contributed by atoms with Gasteiger partial charge in [-0.2, -0.15) is 0 Å². The van der Waals surface area contributed by atoms with Crippen LogP contribution in [0, 0.1) is 84.9 Å². The van der Waals surface area contributed by atoms with Gasteiger partial charge < -0.3 is 18.9 Å². The summed E-state index contributed by atoms with van der Waals surface area (Å²) in [5.74, 6) is 11.2. The van der Waals surface area contributed by atoms with Gasteiger partial charge in [-0.25, -0.2) is 0 Å². The molecular formula is C88H124N4Si4. The SMILES string of the molecule is CC1C2C=CC=CC2C2C1c1cc(C(C)(C)C)ccc1N2C[Si](C)(C)C.CC1C2C=CC=CC2C2C1c1cc(C(C)(C)C)ccc1N2[Si](C)(C)C.Cc1ccc2c(c1)C1C(C)C3C=CC=CC3C1N2C[Si](C)(C)C.Cc1ccc2c(c1)C1C(C)C3C=CC=CC3C1N2[Si](C)(C)C. The van der Waals surface area contributed by atoms with Gasteiger partial charge in [-0.05, 0) is 130 Å². The average Bonchev–Trinajstić information content (AvgIpc) is 1.41. The number of hydrogen-bond acceptors (Lipinski definition) is 4. The standard InChI is InChI=1S/C24H35NSi.C23H33NSi.C21H29NSi.C20H27NSi/c1-16-18-10-8-9-11-19(18)23-22(16)20-14-17(24(2,3)4)12-13-21(20)25(23)15-26(5,6)7;1-15-17-10-8-9-11-18(17)22-21(15)19-14-16(23(2,3)4)12-13-20(19)24(22)25(5,6)7;1-14-10-11-19-18(12-14)20-15(2)16-8-6-7-9-17(16)21(20)22(19)13-23(3,4)5;1-13-10-11-18-17(12-13)19-14(2)15-8-6-7-9-16(15)20(19)21(18)22(3,4)5/h8-14,16,18-19,22-23H,15H2,1-7H3;8-15,17-18,21-22H,1-7H3;6-12,15-17,20-21H,13H2,1-5H3;6-12,14-16,19-20H,1-5H3.